The zero-order chi connectivity index (χ0) is 22.8. The zero-order valence-electron chi connectivity index (χ0n) is 20.4. The summed E-state index contributed by atoms with van der Waals surface area (Å²) in [6, 6.07) is 16.6. The Bertz CT molecular complexity index is 1510. The van der Waals surface area contributed by atoms with Crippen molar-refractivity contribution in [3.05, 3.63) is 65.4 Å². The molecule has 9 rings (SSSR count). The molecule has 0 amide bonds. The number of rotatable bonds is 1. The average Bonchev–Trinajstić information content (AvgIpc) is 2.83. The minimum absolute atomic E-state index is 0.437. The zero-order valence-corrected chi connectivity index (χ0v) is 21.3. The number of aryl methyl sites for hydroxylation is 3. The van der Waals surface area contributed by atoms with E-state index in [0.717, 1.165) is 17.8 Å². The quantitative estimate of drug-likeness (QED) is 0.228. The summed E-state index contributed by atoms with van der Waals surface area (Å²) in [6.45, 7) is 4.66. The molecule has 0 radical (unpaired) electrons. The Labute approximate surface area is 206 Å². The van der Waals surface area contributed by atoms with Crippen LogP contribution in [-0.4, -0.2) is 0 Å². The Morgan fingerprint density at radius 3 is 2.18 bits per heavy atom. The summed E-state index contributed by atoms with van der Waals surface area (Å²) < 4.78 is 2.37. The van der Waals surface area contributed by atoms with Crippen molar-refractivity contribution in [2.45, 2.75) is 67.6 Å². The maximum absolute atomic E-state index is 2.64. The van der Waals surface area contributed by atoms with Crippen molar-refractivity contribution in [2.24, 2.45) is 24.8 Å². The van der Waals surface area contributed by atoms with E-state index in [-0.39, 0.29) is 0 Å². The lowest BCUT2D eigenvalue weighted by molar-refractivity contribution is -0.659. The maximum Gasteiger partial charge on any atom is 0.222 e. The summed E-state index contributed by atoms with van der Waals surface area (Å²) in [7, 11) is 2.23. The van der Waals surface area contributed by atoms with Crippen LogP contribution in [0.3, 0.4) is 0 Å². The highest BCUT2D eigenvalue weighted by Crippen LogP contribution is 2.62. The first-order valence-electron chi connectivity index (χ1n) is 13.2. The highest BCUT2D eigenvalue weighted by atomic mass is 32.2. The largest absolute Gasteiger partial charge is 0.222 e. The molecule has 0 spiro atoms. The summed E-state index contributed by atoms with van der Waals surface area (Å²) in [5.41, 5.74) is 7.80. The van der Waals surface area contributed by atoms with Gasteiger partial charge < -0.3 is 0 Å². The van der Waals surface area contributed by atoms with Gasteiger partial charge in [0.05, 0.1) is 10.9 Å². The van der Waals surface area contributed by atoms with Crippen molar-refractivity contribution in [3.8, 4) is 11.3 Å². The molecule has 1 nitrogen and oxygen atoms in total. The van der Waals surface area contributed by atoms with Crippen LogP contribution < -0.4 is 4.57 Å². The minimum Gasteiger partial charge on any atom is -0.200 e. The standard InChI is InChI=1S/C32H32NS/c1-18-25-6-4-5-7-26(25)19(2)31-28(18)30-29-23(8-9-33(30)3)13-24(14-27(29)34-31)32-15-20-10-21(16-32)12-22(11-20)17-32/h4-9,13-14,20-22H,10-12,15-17H2,1-3H3/q+1. The van der Waals surface area contributed by atoms with Gasteiger partial charge in [0.1, 0.15) is 7.05 Å². The lowest BCUT2D eigenvalue weighted by Gasteiger charge is -2.57. The van der Waals surface area contributed by atoms with E-state index in [1.807, 2.05) is 11.8 Å². The number of hydrogen-bond donors (Lipinski definition) is 0. The second-order valence-electron chi connectivity index (χ2n) is 12.0. The molecule has 170 valence electrons. The van der Waals surface area contributed by atoms with Crippen LogP contribution in [-0.2, 0) is 12.5 Å². The van der Waals surface area contributed by atoms with E-state index in [1.165, 1.54) is 92.2 Å². The van der Waals surface area contributed by atoms with Crippen LogP contribution in [0.1, 0.15) is 55.2 Å². The number of hydrogen-bond acceptors (Lipinski definition) is 1. The summed E-state index contributed by atoms with van der Waals surface area (Å²) in [5, 5.41) is 5.71. The fourth-order valence-electron chi connectivity index (χ4n) is 8.89. The van der Waals surface area contributed by atoms with Crippen LogP contribution in [0.15, 0.2) is 58.5 Å². The Hall–Kier alpha value is -2.32. The van der Waals surface area contributed by atoms with Crippen LogP contribution in [0.25, 0.3) is 32.8 Å². The number of pyridine rings is 1. The normalized spacial score (nSPS) is 28.6. The molecular weight excluding hydrogens is 430 g/mol. The summed E-state index contributed by atoms with van der Waals surface area (Å²) in [5.74, 6) is 2.94. The summed E-state index contributed by atoms with van der Waals surface area (Å²) in [6.07, 6.45) is 11.1. The smallest absolute Gasteiger partial charge is 0.200 e. The van der Waals surface area contributed by atoms with Gasteiger partial charge in [0.25, 0.3) is 0 Å². The van der Waals surface area contributed by atoms with Gasteiger partial charge in [0, 0.05) is 15.9 Å². The molecule has 2 heteroatoms. The summed E-state index contributed by atoms with van der Waals surface area (Å²) in [4.78, 5) is 2.95. The first-order chi connectivity index (χ1) is 16.5. The van der Waals surface area contributed by atoms with Crippen molar-refractivity contribution in [3.63, 3.8) is 0 Å². The monoisotopic (exact) mass is 462 g/mol. The SMILES string of the molecule is Cc1c2c(c(C)c3ccccc13)-c1c3c(cc(C45CC6CC(CC(C6)C4)C5)cc3cc[n+]1C)S2. The molecule has 4 aliphatic carbocycles. The molecule has 0 unspecified atom stereocenters. The highest BCUT2D eigenvalue weighted by molar-refractivity contribution is 7.99. The number of benzene rings is 3. The van der Waals surface area contributed by atoms with E-state index in [9.17, 15) is 0 Å². The molecule has 1 aromatic heterocycles. The second kappa shape index (κ2) is 6.66. The Morgan fingerprint density at radius 1 is 0.853 bits per heavy atom. The Morgan fingerprint density at radius 2 is 1.50 bits per heavy atom. The molecule has 34 heavy (non-hydrogen) atoms. The van der Waals surface area contributed by atoms with Crippen molar-refractivity contribution in [1.82, 2.24) is 0 Å². The van der Waals surface area contributed by atoms with Crippen LogP contribution in [0, 0.1) is 31.6 Å². The van der Waals surface area contributed by atoms with Gasteiger partial charge in [-0.25, -0.2) is 4.57 Å². The van der Waals surface area contributed by atoms with Gasteiger partial charge in [0.2, 0.25) is 5.69 Å². The summed E-state index contributed by atoms with van der Waals surface area (Å²) >= 11 is 2.04. The fourth-order valence-corrected chi connectivity index (χ4v) is 10.2. The Balaban J connectivity index is 1.41. The molecule has 0 N–H and O–H groups in total. The van der Waals surface area contributed by atoms with Gasteiger partial charge in [-0.05, 0) is 114 Å². The second-order valence-corrected chi connectivity index (χ2v) is 13.1. The van der Waals surface area contributed by atoms with E-state index in [4.69, 9.17) is 0 Å². The molecule has 1 aliphatic heterocycles. The number of fused-ring (bicyclic) bond motifs is 3. The fraction of sp³-hybridized carbons (Fsp3) is 0.406. The van der Waals surface area contributed by atoms with Gasteiger partial charge in [0.15, 0.2) is 6.20 Å². The third-order valence-corrected chi connectivity index (χ3v) is 11.2. The first-order valence-corrected chi connectivity index (χ1v) is 14.0. The van der Waals surface area contributed by atoms with Gasteiger partial charge in [-0.2, -0.15) is 0 Å². The minimum atomic E-state index is 0.437. The van der Waals surface area contributed by atoms with Gasteiger partial charge in [-0.3, -0.25) is 0 Å². The van der Waals surface area contributed by atoms with E-state index in [1.54, 1.807) is 5.56 Å². The molecule has 4 fully saturated rings. The average molecular weight is 463 g/mol. The third kappa shape index (κ3) is 2.51. The molecule has 0 atom stereocenters. The predicted molar refractivity (Wildman–Crippen MR) is 142 cm³/mol. The van der Waals surface area contributed by atoms with Crippen molar-refractivity contribution in [1.29, 1.82) is 0 Å². The number of aromatic nitrogens is 1. The van der Waals surface area contributed by atoms with Crippen LogP contribution in [0.5, 0.6) is 0 Å². The molecule has 0 saturated heterocycles. The lowest BCUT2D eigenvalue weighted by Crippen LogP contribution is -2.48. The molecule has 5 aliphatic rings. The van der Waals surface area contributed by atoms with Gasteiger partial charge in [-0.15, -0.1) is 0 Å². The van der Waals surface area contributed by atoms with Crippen LogP contribution in [0.2, 0.25) is 0 Å². The van der Waals surface area contributed by atoms with Crippen molar-refractivity contribution < 1.29 is 4.57 Å². The Kier molecular flexibility index (Phi) is 3.91. The maximum atomic E-state index is 2.64. The van der Waals surface area contributed by atoms with Crippen molar-refractivity contribution in [2.75, 3.05) is 0 Å². The predicted octanol–water partition coefficient (Wildman–Crippen LogP) is 8.03. The molecule has 2 heterocycles. The number of nitrogens with zero attached hydrogens (tertiary/aromatic N) is 1. The molecule has 4 aromatic rings. The first kappa shape index (κ1) is 19.9. The van der Waals surface area contributed by atoms with Crippen LogP contribution in [0.4, 0.5) is 0 Å². The lowest BCUT2D eigenvalue weighted by atomic mass is 9.48. The van der Waals surface area contributed by atoms with Crippen LogP contribution >= 0.6 is 11.8 Å². The van der Waals surface area contributed by atoms with Gasteiger partial charge >= 0.3 is 0 Å². The van der Waals surface area contributed by atoms with E-state index in [2.05, 4.69) is 74.1 Å². The molecular formula is C32H32NS+. The topological polar surface area (TPSA) is 3.88 Å². The third-order valence-electron chi connectivity index (χ3n) is 9.98. The van der Waals surface area contributed by atoms with E-state index < -0.39 is 0 Å². The van der Waals surface area contributed by atoms with E-state index in [0.29, 0.717) is 5.41 Å². The molecule has 4 saturated carbocycles. The van der Waals surface area contributed by atoms with Gasteiger partial charge in [-0.1, -0.05) is 42.1 Å². The van der Waals surface area contributed by atoms with Crippen molar-refractivity contribution >= 4 is 33.3 Å². The van der Waals surface area contributed by atoms with E-state index >= 15 is 0 Å². The molecule has 3 aromatic carbocycles. The highest BCUT2D eigenvalue weighted by Gasteiger charge is 2.51. The molecule has 4 bridgehead atoms.